The van der Waals surface area contributed by atoms with Crippen LogP contribution in [0, 0.1) is 0 Å². The molecule has 6 nitrogen and oxygen atoms in total. The van der Waals surface area contributed by atoms with Gasteiger partial charge in [-0.3, -0.25) is 4.79 Å². The second-order valence-corrected chi connectivity index (χ2v) is 4.73. The molecule has 1 aromatic rings. The van der Waals surface area contributed by atoms with Gasteiger partial charge in [-0.15, -0.1) is 0 Å². The fourth-order valence-corrected chi connectivity index (χ4v) is 2.00. The molecular formula is C15H19NO5. The van der Waals surface area contributed by atoms with E-state index < -0.39 is 5.97 Å². The van der Waals surface area contributed by atoms with E-state index in [0.717, 1.165) is 12.8 Å². The van der Waals surface area contributed by atoms with E-state index in [0.29, 0.717) is 17.1 Å². The van der Waals surface area contributed by atoms with Crippen LogP contribution >= 0.6 is 0 Å². The fourth-order valence-electron chi connectivity index (χ4n) is 2.00. The molecule has 1 heterocycles. The highest BCUT2D eigenvalue weighted by Crippen LogP contribution is 2.32. The summed E-state index contributed by atoms with van der Waals surface area (Å²) in [6.45, 7) is 3.84. The van der Waals surface area contributed by atoms with Crippen molar-refractivity contribution in [2.75, 3.05) is 13.4 Å². The number of hydrogen-bond donors (Lipinski definition) is 1. The molecule has 0 atom stereocenters. The molecule has 1 N–H and O–H groups in total. The molecule has 21 heavy (non-hydrogen) atoms. The third-order valence-electron chi connectivity index (χ3n) is 3.29. The maximum absolute atomic E-state index is 11.9. The van der Waals surface area contributed by atoms with Crippen molar-refractivity contribution in [3.63, 3.8) is 0 Å². The normalized spacial score (nSPS) is 12.3. The van der Waals surface area contributed by atoms with Crippen LogP contribution in [0.5, 0.6) is 11.5 Å². The first kappa shape index (κ1) is 15.2. The zero-order chi connectivity index (χ0) is 15.2. The minimum atomic E-state index is -0.562. The molecule has 2 rings (SSSR count). The molecule has 0 unspecified atom stereocenters. The van der Waals surface area contributed by atoms with Gasteiger partial charge in [0.15, 0.2) is 18.1 Å². The van der Waals surface area contributed by atoms with E-state index in [-0.39, 0.29) is 25.3 Å². The van der Waals surface area contributed by atoms with E-state index in [1.54, 1.807) is 18.2 Å². The number of fused-ring (bicyclic) bond motifs is 1. The molecule has 0 saturated heterocycles. The van der Waals surface area contributed by atoms with Crippen molar-refractivity contribution in [1.82, 2.24) is 5.32 Å². The average molecular weight is 293 g/mol. The largest absolute Gasteiger partial charge is 0.454 e. The highest BCUT2D eigenvalue weighted by atomic mass is 16.7. The number of nitrogens with one attached hydrogen (secondary N) is 1. The van der Waals surface area contributed by atoms with Gasteiger partial charge in [-0.05, 0) is 31.0 Å². The number of carbonyl (C=O) groups is 2. The Bertz CT molecular complexity index is 525. The first-order chi connectivity index (χ1) is 10.1. The molecule has 0 aliphatic carbocycles. The van der Waals surface area contributed by atoms with Crippen LogP contribution in [0.4, 0.5) is 0 Å². The maximum atomic E-state index is 11.9. The van der Waals surface area contributed by atoms with Gasteiger partial charge < -0.3 is 19.5 Å². The summed E-state index contributed by atoms with van der Waals surface area (Å²) in [4.78, 5) is 23.5. The quantitative estimate of drug-likeness (QED) is 0.811. The van der Waals surface area contributed by atoms with Crippen molar-refractivity contribution in [3.8, 4) is 11.5 Å². The van der Waals surface area contributed by atoms with Gasteiger partial charge in [0.2, 0.25) is 6.79 Å². The lowest BCUT2D eigenvalue weighted by molar-refractivity contribution is -0.125. The lowest BCUT2D eigenvalue weighted by Gasteiger charge is -2.14. The van der Waals surface area contributed by atoms with Gasteiger partial charge in [0.05, 0.1) is 5.56 Å². The third kappa shape index (κ3) is 3.87. The van der Waals surface area contributed by atoms with Crippen molar-refractivity contribution < 1.29 is 23.8 Å². The summed E-state index contributed by atoms with van der Waals surface area (Å²) in [5.74, 6) is 0.245. The molecule has 0 aromatic heterocycles. The van der Waals surface area contributed by atoms with Gasteiger partial charge >= 0.3 is 5.97 Å². The second kappa shape index (κ2) is 6.97. The van der Waals surface area contributed by atoms with Crippen LogP contribution in [0.25, 0.3) is 0 Å². The monoisotopic (exact) mass is 293 g/mol. The molecule has 0 bridgehead atoms. The van der Waals surface area contributed by atoms with Gasteiger partial charge in [0.1, 0.15) is 0 Å². The van der Waals surface area contributed by atoms with E-state index >= 15 is 0 Å². The first-order valence-corrected chi connectivity index (χ1v) is 7.00. The van der Waals surface area contributed by atoms with Gasteiger partial charge in [-0.2, -0.15) is 0 Å². The van der Waals surface area contributed by atoms with Crippen LogP contribution in [0.15, 0.2) is 18.2 Å². The van der Waals surface area contributed by atoms with Crippen LogP contribution in [-0.2, 0) is 9.53 Å². The second-order valence-electron chi connectivity index (χ2n) is 4.73. The summed E-state index contributed by atoms with van der Waals surface area (Å²) >= 11 is 0. The Labute approximate surface area is 123 Å². The number of ether oxygens (including phenoxy) is 3. The lowest BCUT2D eigenvalue weighted by Crippen LogP contribution is -2.36. The molecule has 1 aromatic carbocycles. The molecular weight excluding hydrogens is 274 g/mol. The van der Waals surface area contributed by atoms with Gasteiger partial charge in [-0.25, -0.2) is 4.79 Å². The zero-order valence-corrected chi connectivity index (χ0v) is 12.2. The van der Waals surface area contributed by atoms with Crippen molar-refractivity contribution in [2.24, 2.45) is 0 Å². The van der Waals surface area contributed by atoms with Gasteiger partial charge in [-0.1, -0.05) is 13.8 Å². The molecule has 6 heteroatoms. The predicted octanol–water partition coefficient (Wildman–Crippen LogP) is 1.88. The van der Waals surface area contributed by atoms with E-state index in [2.05, 4.69) is 5.32 Å². The SMILES string of the molecule is CCC(CC)NC(=O)COC(=O)c1ccc2c(c1)OCO2. The van der Waals surface area contributed by atoms with Crippen LogP contribution < -0.4 is 14.8 Å². The van der Waals surface area contributed by atoms with Gasteiger partial charge in [0.25, 0.3) is 5.91 Å². The number of hydrogen-bond acceptors (Lipinski definition) is 5. The summed E-state index contributed by atoms with van der Waals surface area (Å²) in [7, 11) is 0. The Hall–Kier alpha value is -2.24. The molecule has 0 fully saturated rings. The Kier molecular flexibility index (Phi) is 5.03. The van der Waals surface area contributed by atoms with Crippen LogP contribution in [0.1, 0.15) is 37.0 Å². The third-order valence-corrected chi connectivity index (χ3v) is 3.29. The molecule has 0 spiro atoms. The number of benzene rings is 1. The topological polar surface area (TPSA) is 73.9 Å². The number of carbonyl (C=O) groups excluding carboxylic acids is 2. The predicted molar refractivity (Wildman–Crippen MR) is 75.4 cm³/mol. The number of esters is 1. The molecule has 0 saturated carbocycles. The summed E-state index contributed by atoms with van der Waals surface area (Å²) in [6, 6.07) is 4.88. The summed E-state index contributed by atoms with van der Waals surface area (Å²) in [5.41, 5.74) is 0.328. The van der Waals surface area contributed by atoms with E-state index in [1.807, 2.05) is 13.8 Å². The lowest BCUT2D eigenvalue weighted by atomic mass is 10.2. The molecule has 1 aliphatic rings. The minimum Gasteiger partial charge on any atom is -0.454 e. The van der Waals surface area contributed by atoms with Crippen molar-refractivity contribution >= 4 is 11.9 Å². The van der Waals surface area contributed by atoms with Crippen LogP contribution in [0.3, 0.4) is 0 Å². The van der Waals surface area contributed by atoms with Crippen molar-refractivity contribution in [2.45, 2.75) is 32.7 Å². The molecule has 1 aliphatic heterocycles. The molecule has 1 amide bonds. The van der Waals surface area contributed by atoms with Crippen molar-refractivity contribution in [3.05, 3.63) is 23.8 Å². The summed E-state index contributed by atoms with van der Waals surface area (Å²) in [6.07, 6.45) is 1.69. The highest BCUT2D eigenvalue weighted by Gasteiger charge is 2.18. The Morgan fingerprint density at radius 2 is 1.95 bits per heavy atom. The van der Waals surface area contributed by atoms with Crippen LogP contribution in [-0.4, -0.2) is 31.3 Å². The fraction of sp³-hybridized carbons (Fsp3) is 0.467. The summed E-state index contributed by atoms with van der Waals surface area (Å²) in [5, 5.41) is 2.80. The standard InChI is InChI=1S/C15H19NO5/c1-3-11(4-2)16-14(17)8-19-15(18)10-5-6-12-13(7-10)21-9-20-12/h5-7,11H,3-4,8-9H2,1-2H3,(H,16,17). The van der Waals surface area contributed by atoms with Gasteiger partial charge in [0, 0.05) is 6.04 Å². The molecule has 0 radical (unpaired) electrons. The minimum absolute atomic E-state index is 0.113. The first-order valence-electron chi connectivity index (χ1n) is 7.00. The number of amides is 1. The average Bonchev–Trinajstić information content (AvgIpc) is 2.97. The smallest absolute Gasteiger partial charge is 0.338 e. The summed E-state index contributed by atoms with van der Waals surface area (Å²) < 4.78 is 15.3. The Morgan fingerprint density at radius 3 is 2.67 bits per heavy atom. The van der Waals surface area contributed by atoms with Crippen molar-refractivity contribution in [1.29, 1.82) is 0 Å². The highest BCUT2D eigenvalue weighted by molar-refractivity contribution is 5.92. The Balaban J connectivity index is 1.86. The van der Waals surface area contributed by atoms with E-state index in [9.17, 15) is 9.59 Å². The van der Waals surface area contributed by atoms with Crippen LogP contribution in [0.2, 0.25) is 0 Å². The maximum Gasteiger partial charge on any atom is 0.338 e. The molecule has 114 valence electrons. The zero-order valence-electron chi connectivity index (χ0n) is 12.2. The van der Waals surface area contributed by atoms with E-state index in [4.69, 9.17) is 14.2 Å². The van der Waals surface area contributed by atoms with E-state index in [1.165, 1.54) is 0 Å². The number of rotatable bonds is 6. The Morgan fingerprint density at radius 1 is 1.24 bits per heavy atom.